The molecule has 0 bridgehead atoms. The van der Waals surface area contributed by atoms with Crippen molar-refractivity contribution in [3.05, 3.63) is 29.8 Å². The van der Waals surface area contributed by atoms with Crippen molar-refractivity contribution in [2.45, 2.75) is 26.4 Å². The summed E-state index contributed by atoms with van der Waals surface area (Å²) in [5.74, 6) is -0.146. The molecule has 5 heteroatoms. The molecule has 1 aliphatic rings. The number of carbonyl (C=O) groups is 2. The first-order chi connectivity index (χ1) is 10.1. The number of hydrogen-bond donors (Lipinski definition) is 0. The molecule has 5 nitrogen and oxygen atoms in total. The van der Waals surface area contributed by atoms with Crippen LogP contribution in [0, 0.1) is 6.92 Å². The first-order valence-electron chi connectivity index (χ1n) is 7.26. The van der Waals surface area contributed by atoms with Gasteiger partial charge in [0.05, 0.1) is 0 Å². The molecule has 0 aliphatic carbocycles. The monoisotopic (exact) mass is 290 g/mol. The quantitative estimate of drug-likeness (QED) is 0.846. The number of anilines is 1. The number of benzene rings is 1. The minimum absolute atomic E-state index is 0.0464. The first-order valence-corrected chi connectivity index (χ1v) is 7.26. The average molecular weight is 290 g/mol. The van der Waals surface area contributed by atoms with Crippen LogP contribution in [0.3, 0.4) is 0 Å². The molecule has 0 spiro atoms. The number of methoxy groups -OCH3 is 1. The van der Waals surface area contributed by atoms with E-state index in [1.54, 1.807) is 9.80 Å². The van der Waals surface area contributed by atoms with E-state index in [4.69, 9.17) is 4.74 Å². The lowest BCUT2D eigenvalue weighted by atomic mass is 10.1. The number of ether oxygens (including phenoxy) is 1. The molecule has 2 rings (SSSR count). The van der Waals surface area contributed by atoms with Gasteiger partial charge < -0.3 is 14.5 Å². The van der Waals surface area contributed by atoms with E-state index in [9.17, 15) is 9.59 Å². The minimum atomic E-state index is -0.456. The fourth-order valence-electron chi connectivity index (χ4n) is 2.63. The standard InChI is InChI=1S/C16H22N2O3/c1-4-14(21-3)16(20)17-9-10-18(15(19)11-17)13-8-6-5-7-12(13)2/h5-8,14H,4,9-11H2,1-3H3. The molecule has 1 aliphatic heterocycles. The van der Waals surface area contributed by atoms with Crippen molar-refractivity contribution in [1.29, 1.82) is 0 Å². The SMILES string of the molecule is CCC(OC)C(=O)N1CCN(c2ccccc2C)C(=O)C1. The first kappa shape index (κ1) is 15.5. The van der Waals surface area contributed by atoms with Crippen LogP contribution < -0.4 is 4.90 Å². The molecular formula is C16H22N2O3. The summed E-state index contributed by atoms with van der Waals surface area (Å²) >= 11 is 0. The molecule has 1 unspecified atom stereocenters. The van der Waals surface area contributed by atoms with Gasteiger partial charge in [-0.2, -0.15) is 0 Å². The molecule has 0 aromatic heterocycles. The Kier molecular flexibility index (Phi) is 4.96. The van der Waals surface area contributed by atoms with Crippen LogP contribution in [-0.2, 0) is 14.3 Å². The molecule has 0 saturated carbocycles. The average Bonchev–Trinajstić information content (AvgIpc) is 2.49. The topological polar surface area (TPSA) is 49.9 Å². The third-order valence-electron chi connectivity index (χ3n) is 3.87. The third-order valence-corrected chi connectivity index (χ3v) is 3.87. The van der Waals surface area contributed by atoms with Gasteiger partial charge in [0.15, 0.2) is 0 Å². The summed E-state index contributed by atoms with van der Waals surface area (Å²) in [4.78, 5) is 27.9. The lowest BCUT2D eigenvalue weighted by molar-refractivity contribution is -0.145. The normalized spacial score (nSPS) is 17.0. The molecule has 0 radical (unpaired) electrons. The number of piperazine rings is 1. The molecule has 1 heterocycles. The van der Waals surface area contributed by atoms with E-state index < -0.39 is 6.10 Å². The zero-order valence-electron chi connectivity index (χ0n) is 12.8. The minimum Gasteiger partial charge on any atom is -0.372 e. The maximum Gasteiger partial charge on any atom is 0.252 e. The summed E-state index contributed by atoms with van der Waals surface area (Å²) in [5.41, 5.74) is 1.99. The molecule has 2 amide bonds. The van der Waals surface area contributed by atoms with Gasteiger partial charge in [-0.05, 0) is 25.0 Å². The summed E-state index contributed by atoms with van der Waals surface area (Å²) < 4.78 is 5.16. The third kappa shape index (κ3) is 3.24. The van der Waals surface area contributed by atoms with Gasteiger partial charge in [-0.3, -0.25) is 9.59 Å². The molecule has 1 fully saturated rings. The number of hydrogen-bond acceptors (Lipinski definition) is 3. The van der Waals surface area contributed by atoms with E-state index in [1.165, 1.54) is 7.11 Å². The van der Waals surface area contributed by atoms with Gasteiger partial charge in [-0.15, -0.1) is 0 Å². The van der Waals surface area contributed by atoms with E-state index in [0.29, 0.717) is 19.5 Å². The zero-order chi connectivity index (χ0) is 15.4. The number of nitrogens with zero attached hydrogens (tertiary/aromatic N) is 2. The Hall–Kier alpha value is -1.88. The van der Waals surface area contributed by atoms with Crippen LogP contribution in [0.25, 0.3) is 0 Å². The highest BCUT2D eigenvalue weighted by Crippen LogP contribution is 2.22. The fourth-order valence-corrected chi connectivity index (χ4v) is 2.63. The van der Waals surface area contributed by atoms with Crippen LogP contribution in [0.4, 0.5) is 5.69 Å². The molecular weight excluding hydrogens is 268 g/mol. The van der Waals surface area contributed by atoms with Crippen LogP contribution in [0.15, 0.2) is 24.3 Å². The summed E-state index contributed by atoms with van der Waals surface area (Å²) in [7, 11) is 1.53. The molecule has 1 saturated heterocycles. The smallest absolute Gasteiger partial charge is 0.252 e. The van der Waals surface area contributed by atoms with Crippen LogP contribution in [-0.4, -0.2) is 49.6 Å². The van der Waals surface area contributed by atoms with E-state index in [-0.39, 0.29) is 18.4 Å². The van der Waals surface area contributed by atoms with Gasteiger partial charge in [0.1, 0.15) is 12.6 Å². The highest BCUT2D eigenvalue weighted by molar-refractivity contribution is 5.98. The molecule has 1 atom stereocenters. The maximum atomic E-state index is 12.4. The Morgan fingerprint density at radius 2 is 2.05 bits per heavy atom. The Bertz CT molecular complexity index is 526. The Morgan fingerprint density at radius 1 is 1.33 bits per heavy atom. The predicted molar refractivity (Wildman–Crippen MR) is 81.2 cm³/mol. The number of carbonyl (C=O) groups excluding carboxylic acids is 2. The van der Waals surface area contributed by atoms with Gasteiger partial charge in [-0.25, -0.2) is 0 Å². The lowest BCUT2D eigenvalue weighted by Gasteiger charge is -2.36. The molecule has 21 heavy (non-hydrogen) atoms. The fraction of sp³-hybridized carbons (Fsp3) is 0.500. The zero-order valence-corrected chi connectivity index (χ0v) is 12.8. The van der Waals surface area contributed by atoms with E-state index in [0.717, 1.165) is 11.3 Å². The second-order valence-electron chi connectivity index (χ2n) is 5.22. The van der Waals surface area contributed by atoms with Crippen LogP contribution >= 0.6 is 0 Å². The van der Waals surface area contributed by atoms with Crippen LogP contribution in [0.1, 0.15) is 18.9 Å². The van der Waals surface area contributed by atoms with E-state index in [2.05, 4.69) is 0 Å². The van der Waals surface area contributed by atoms with Crippen molar-refractivity contribution in [2.24, 2.45) is 0 Å². The Morgan fingerprint density at radius 3 is 2.62 bits per heavy atom. The molecule has 0 N–H and O–H groups in total. The van der Waals surface area contributed by atoms with E-state index in [1.807, 2.05) is 38.1 Å². The molecule has 1 aromatic carbocycles. The number of aryl methyl sites for hydroxylation is 1. The second-order valence-corrected chi connectivity index (χ2v) is 5.22. The summed E-state index contributed by atoms with van der Waals surface area (Å²) in [5, 5.41) is 0. The number of rotatable bonds is 4. The predicted octanol–water partition coefficient (Wildman–Crippen LogP) is 1.60. The molecule has 114 valence electrons. The van der Waals surface area contributed by atoms with Gasteiger partial charge in [0, 0.05) is 25.9 Å². The van der Waals surface area contributed by atoms with Crippen molar-refractivity contribution in [3.8, 4) is 0 Å². The van der Waals surface area contributed by atoms with Crippen LogP contribution in [0.2, 0.25) is 0 Å². The van der Waals surface area contributed by atoms with Crippen molar-refractivity contribution in [2.75, 3.05) is 31.6 Å². The highest BCUT2D eigenvalue weighted by Gasteiger charge is 2.31. The summed E-state index contributed by atoms with van der Waals surface area (Å²) in [6, 6.07) is 7.80. The largest absolute Gasteiger partial charge is 0.372 e. The number of para-hydroxylation sites is 1. The van der Waals surface area contributed by atoms with Crippen molar-refractivity contribution in [3.63, 3.8) is 0 Å². The highest BCUT2D eigenvalue weighted by atomic mass is 16.5. The van der Waals surface area contributed by atoms with Crippen LogP contribution in [0.5, 0.6) is 0 Å². The van der Waals surface area contributed by atoms with Gasteiger partial charge >= 0.3 is 0 Å². The number of amides is 2. The second kappa shape index (κ2) is 6.72. The Balaban J connectivity index is 2.08. The van der Waals surface area contributed by atoms with Crippen molar-refractivity contribution >= 4 is 17.5 Å². The lowest BCUT2D eigenvalue weighted by Crippen LogP contribution is -2.54. The van der Waals surface area contributed by atoms with Gasteiger partial charge in [0.2, 0.25) is 5.91 Å². The molecule has 1 aromatic rings. The van der Waals surface area contributed by atoms with Gasteiger partial charge in [-0.1, -0.05) is 25.1 Å². The Labute approximate surface area is 125 Å². The van der Waals surface area contributed by atoms with E-state index >= 15 is 0 Å². The summed E-state index contributed by atoms with van der Waals surface area (Å²) in [6.45, 7) is 5.07. The van der Waals surface area contributed by atoms with Crippen molar-refractivity contribution < 1.29 is 14.3 Å². The van der Waals surface area contributed by atoms with Gasteiger partial charge in [0.25, 0.3) is 5.91 Å². The van der Waals surface area contributed by atoms with Crippen molar-refractivity contribution in [1.82, 2.24) is 4.90 Å². The maximum absolute atomic E-state index is 12.4. The summed E-state index contributed by atoms with van der Waals surface area (Å²) in [6.07, 6.45) is 0.157.